The first kappa shape index (κ1) is 16.6. The Bertz CT molecular complexity index is 435. The molecule has 20 heavy (non-hydrogen) atoms. The van der Waals surface area contributed by atoms with Gasteiger partial charge in [-0.2, -0.15) is 0 Å². The zero-order valence-electron chi connectivity index (χ0n) is 12.3. The number of rotatable bonds is 7. The number of amides is 2. The summed E-state index contributed by atoms with van der Waals surface area (Å²) in [6, 6.07) is 10.1. The summed E-state index contributed by atoms with van der Waals surface area (Å²) in [6.45, 7) is 2.28. The van der Waals surface area contributed by atoms with Crippen molar-refractivity contribution in [2.75, 3.05) is 20.6 Å². The predicted molar refractivity (Wildman–Crippen MR) is 83.5 cm³/mol. The molecule has 1 atom stereocenters. The Labute approximate surface area is 124 Å². The number of nitrogens with one attached hydrogen (secondary N) is 1. The van der Waals surface area contributed by atoms with Gasteiger partial charge in [0.2, 0.25) is 11.8 Å². The third-order valence-electron chi connectivity index (χ3n) is 2.85. The van der Waals surface area contributed by atoms with Crippen molar-refractivity contribution in [3.05, 3.63) is 35.9 Å². The summed E-state index contributed by atoms with van der Waals surface area (Å²) >= 11 is 1.60. The minimum Gasteiger partial charge on any atom is -0.355 e. The van der Waals surface area contributed by atoms with Crippen LogP contribution in [0, 0.1) is 0 Å². The number of carbonyl (C=O) groups is 2. The van der Waals surface area contributed by atoms with Crippen LogP contribution in [0.2, 0.25) is 0 Å². The molecule has 0 heterocycles. The molecule has 0 fully saturated rings. The molecule has 0 saturated carbocycles. The monoisotopic (exact) mass is 294 g/mol. The highest BCUT2D eigenvalue weighted by Gasteiger charge is 2.13. The molecule has 0 radical (unpaired) electrons. The zero-order chi connectivity index (χ0) is 15.0. The van der Waals surface area contributed by atoms with Gasteiger partial charge in [0.25, 0.3) is 0 Å². The maximum atomic E-state index is 11.9. The lowest BCUT2D eigenvalue weighted by Gasteiger charge is -2.13. The average molecular weight is 294 g/mol. The molecular formula is C15H22N2O2S. The summed E-state index contributed by atoms with van der Waals surface area (Å²) in [4.78, 5) is 24.8. The van der Waals surface area contributed by atoms with Gasteiger partial charge in [-0.1, -0.05) is 30.3 Å². The molecular weight excluding hydrogens is 272 g/mol. The lowest BCUT2D eigenvalue weighted by molar-refractivity contribution is -0.128. The Balaban J connectivity index is 2.24. The van der Waals surface area contributed by atoms with E-state index in [2.05, 4.69) is 5.32 Å². The Hall–Kier alpha value is -1.49. The van der Waals surface area contributed by atoms with Gasteiger partial charge in [-0.3, -0.25) is 9.59 Å². The van der Waals surface area contributed by atoms with E-state index in [1.165, 1.54) is 10.5 Å². The molecule has 1 N–H and O–H groups in total. The molecule has 5 heteroatoms. The van der Waals surface area contributed by atoms with E-state index < -0.39 is 0 Å². The molecule has 0 aromatic heterocycles. The number of thioether (sulfide) groups is 1. The Morgan fingerprint density at radius 1 is 1.25 bits per heavy atom. The van der Waals surface area contributed by atoms with Crippen LogP contribution < -0.4 is 5.32 Å². The van der Waals surface area contributed by atoms with E-state index in [4.69, 9.17) is 0 Å². The maximum Gasteiger partial charge on any atom is 0.232 e. The largest absolute Gasteiger partial charge is 0.355 e. The predicted octanol–water partition coefficient (Wildman–Crippen LogP) is 1.90. The molecule has 0 aliphatic rings. The second kappa shape index (κ2) is 8.64. The van der Waals surface area contributed by atoms with Crippen LogP contribution in [0.25, 0.3) is 0 Å². The summed E-state index contributed by atoms with van der Waals surface area (Å²) in [5, 5.41) is 2.68. The number of hydrogen-bond acceptors (Lipinski definition) is 3. The third-order valence-corrected chi connectivity index (χ3v) is 4.06. The minimum absolute atomic E-state index is 0.0162. The summed E-state index contributed by atoms with van der Waals surface area (Å²) in [7, 11) is 3.42. The quantitative estimate of drug-likeness (QED) is 0.835. The topological polar surface area (TPSA) is 49.4 Å². The normalized spacial score (nSPS) is 11.8. The average Bonchev–Trinajstić information content (AvgIpc) is 2.45. The van der Waals surface area contributed by atoms with E-state index in [0.29, 0.717) is 13.0 Å². The van der Waals surface area contributed by atoms with Crippen molar-refractivity contribution in [1.29, 1.82) is 0 Å². The fourth-order valence-electron chi connectivity index (χ4n) is 1.53. The van der Waals surface area contributed by atoms with Gasteiger partial charge in [0, 0.05) is 32.8 Å². The Morgan fingerprint density at radius 3 is 2.50 bits per heavy atom. The molecule has 110 valence electrons. The SMILES string of the molecule is C[C@@H](SCc1ccccc1)C(=O)NCCC(=O)N(C)C. The van der Waals surface area contributed by atoms with E-state index in [1.807, 2.05) is 37.3 Å². The first-order valence-electron chi connectivity index (χ1n) is 6.64. The zero-order valence-corrected chi connectivity index (χ0v) is 13.1. The summed E-state index contributed by atoms with van der Waals surface area (Å²) in [5.41, 5.74) is 1.21. The highest BCUT2D eigenvalue weighted by atomic mass is 32.2. The Kier molecular flexibility index (Phi) is 7.15. The van der Waals surface area contributed by atoms with Crippen molar-refractivity contribution in [1.82, 2.24) is 10.2 Å². The van der Waals surface area contributed by atoms with E-state index in [9.17, 15) is 9.59 Å². The van der Waals surface area contributed by atoms with Gasteiger partial charge in [-0.25, -0.2) is 0 Å². The van der Waals surface area contributed by atoms with Crippen molar-refractivity contribution in [2.24, 2.45) is 0 Å². The van der Waals surface area contributed by atoms with Crippen LogP contribution in [0.4, 0.5) is 0 Å². The number of nitrogens with zero attached hydrogens (tertiary/aromatic N) is 1. The van der Waals surface area contributed by atoms with Gasteiger partial charge in [0.15, 0.2) is 0 Å². The minimum atomic E-state index is -0.121. The lowest BCUT2D eigenvalue weighted by Crippen LogP contribution is -2.34. The summed E-state index contributed by atoms with van der Waals surface area (Å²) in [6.07, 6.45) is 0.342. The fraction of sp³-hybridized carbons (Fsp3) is 0.467. The second-order valence-corrected chi connectivity index (χ2v) is 6.10. The van der Waals surface area contributed by atoms with Crippen LogP contribution in [0.5, 0.6) is 0 Å². The number of carbonyl (C=O) groups excluding carboxylic acids is 2. The second-order valence-electron chi connectivity index (χ2n) is 4.77. The smallest absolute Gasteiger partial charge is 0.232 e. The molecule has 1 aromatic rings. The van der Waals surface area contributed by atoms with Gasteiger partial charge >= 0.3 is 0 Å². The van der Waals surface area contributed by atoms with E-state index in [-0.39, 0.29) is 17.1 Å². The van der Waals surface area contributed by atoms with Gasteiger partial charge in [-0.15, -0.1) is 11.8 Å². The molecule has 0 aliphatic heterocycles. The first-order chi connectivity index (χ1) is 9.50. The highest BCUT2D eigenvalue weighted by molar-refractivity contribution is 7.99. The molecule has 1 aromatic carbocycles. The first-order valence-corrected chi connectivity index (χ1v) is 7.69. The van der Waals surface area contributed by atoms with Crippen molar-refractivity contribution in [3.63, 3.8) is 0 Å². The number of benzene rings is 1. The van der Waals surface area contributed by atoms with E-state index in [0.717, 1.165) is 5.75 Å². The van der Waals surface area contributed by atoms with E-state index in [1.54, 1.807) is 25.9 Å². The number of hydrogen-bond donors (Lipinski definition) is 1. The lowest BCUT2D eigenvalue weighted by atomic mass is 10.2. The van der Waals surface area contributed by atoms with Crippen molar-refractivity contribution in [3.8, 4) is 0 Å². The van der Waals surface area contributed by atoms with Crippen LogP contribution in [0.3, 0.4) is 0 Å². The third kappa shape index (κ3) is 6.10. The summed E-state index contributed by atoms with van der Waals surface area (Å²) < 4.78 is 0. The van der Waals surface area contributed by atoms with Gasteiger partial charge in [0.05, 0.1) is 5.25 Å². The highest BCUT2D eigenvalue weighted by Crippen LogP contribution is 2.17. The van der Waals surface area contributed by atoms with Crippen molar-refractivity contribution < 1.29 is 9.59 Å². The summed E-state index contributed by atoms with van der Waals surface area (Å²) in [5.74, 6) is 0.818. The Morgan fingerprint density at radius 2 is 1.90 bits per heavy atom. The molecule has 0 bridgehead atoms. The van der Waals surface area contributed by atoms with E-state index >= 15 is 0 Å². The molecule has 0 saturated heterocycles. The van der Waals surface area contributed by atoms with Crippen LogP contribution in [-0.4, -0.2) is 42.6 Å². The maximum absolute atomic E-state index is 11.9. The molecule has 4 nitrogen and oxygen atoms in total. The molecule has 0 unspecified atom stereocenters. The van der Waals surface area contributed by atoms with Crippen LogP contribution in [0.1, 0.15) is 18.9 Å². The molecule has 0 aliphatic carbocycles. The van der Waals surface area contributed by atoms with Crippen LogP contribution >= 0.6 is 11.8 Å². The van der Waals surface area contributed by atoms with Crippen molar-refractivity contribution >= 4 is 23.6 Å². The molecule has 0 spiro atoms. The molecule has 1 rings (SSSR count). The van der Waals surface area contributed by atoms with Crippen LogP contribution in [0.15, 0.2) is 30.3 Å². The standard InChI is InChI=1S/C15H22N2O2S/c1-12(20-11-13-7-5-4-6-8-13)15(19)16-10-9-14(18)17(2)3/h4-8,12H,9-11H2,1-3H3,(H,16,19)/t12-/m1/s1. The van der Waals surface area contributed by atoms with Gasteiger partial charge < -0.3 is 10.2 Å². The van der Waals surface area contributed by atoms with Crippen LogP contribution in [-0.2, 0) is 15.3 Å². The molecule has 2 amide bonds. The van der Waals surface area contributed by atoms with Crippen molar-refractivity contribution in [2.45, 2.75) is 24.3 Å². The van der Waals surface area contributed by atoms with Gasteiger partial charge in [0.1, 0.15) is 0 Å². The van der Waals surface area contributed by atoms with Gasteiger partial charge in [-0.05, 0) is 12.5 Å². The fourth-order valence-corrected chi connectivity index (χ4v) is 2.40.